The molecular weight excluding hydrogens is 352 g/mol. The molecule has 136 valence electrons. The molecule has 2 rings (SSSR count). The average molecular weight is 377 g/mol. The Balaban J connectivity index is 2.43. The second kappa shape index (κ2) is 6.72. The van der Waals surface area contributed by atoms with E-state index in [-0.39, 0.29) is 10.8 Å². The highest BCUT2D eigenvalue weighted by Gasteiger charge is 2.46. The molecule has 1 aromatic rings. The Morgan fingerprint density at radius 2 is 1.67 bits per heavy atom. The summed E-state index contributed by atoms with van der Waals surface area (Å²) in [7, 11) is -4.42. The third kappa shape index (κ3) is 3.80. The molecule has 1 aliphatic rings. The van der Waals surface area contributed by atoms with Gasteiger partial charge in [-0.25, -0.2) is 21.8 Å². The van der Waals surface area contributed by atoms with E-state index in [2.05, 4.69) is 0 Å². The molecule has 0 aromatic heterocycles. The van der Waals surface area contributed by atoms with Gasteiger partial charge in [0.2, 0.25) is 0 Å². The second-order valence-corrected chi connectivity index (χ2v) is 10.5. The Hall–Kier alpha value is -1.00. The van der Waals surface area contributed by atoms with Crippen molar-refractivity contribution in [2.24, 2.45) is 0 Å². The highest BCUT2D eigenvalue weighted by molar-refractivity contribution is 7.92. The van der Waals surface area contributed by atoms with E-state index in [1.165, 1.54) is 31.2 Å². The molecule has 1 aliphatic heterocycles. The van der Waals surface area contributed by atoms with Crippen molar-refractivity contribution in [1.82, 2.24) is 9.42 Å². The quantitative estimate of drug-likeness (QED) is 0.749. The van der Waals surface area contributed by atoms with Crippen molar-refractivity contribution in [3.05, 3.63) is 29.8 Å². The molecule has 1 saturated heterocycles. The zero-order valence-corrected chi connectivity index (χ0v) is 15.9. The van der Waals surface area contributed by atoms with Crippen LogP contribution in [0.3, 0.4) is 0 Å². The summed E-state index contributed by atoms with van der Waals surface area (Å²) in [5.74, 6) is -0.548. The molecule has 0 spiro atoms. The molecule has 24 heavy (non-hydrogen) atoms. The van der Waals surface area contributed by atoms with Crippen LogP contribution in [0.15, 0.2) is 29.2 Å². The van der Waals surface area contributed by atoms with Crippen LogP contribution in [0, 0.1) is 0 Å². The smallest absolute Gasteiger partial charge is 0.256 e. The molecule has 1 heterocycles. The van der Waals surface area contributed by atoms with Gasteiger partial charge in [-0.15, -0.1) is 4.41 Å². The van der Waals surface area contributed by atoms with Gasteiger partial charge < -0.3 is 5.11 Å². The molecule has 1 N–H and O–H groups in total. The fourth-order valence-electron chi connectivity index (χ4n) is 2.84. The molecule has 0 amide bonds. The van der Waals surface area contributed by atoms with Gasteiger partial charge in [-0.3, -0.25) is 0 Å². The van der Waals surface area contributed by atoms with Gasteiger partial charge >= 0.3 is 0 Å². The molecule has 0 saturated carbocycles. The summed E-state index contributed by atoms with van der Waals surface area (Å²) in [5, 5.41) is 11.4. The molecule has 0 aliphatic carbocycles. The van der Waals surface area contributed by atoms with E-state index in [0.29, 0.717) is 0 Å². The zero-order chi connectivity index (χ0) is 18.3. The average Bonchev–Trinajstić information content (AvgIpc) is 2.71. The number of hydrazine groups is 1. The summed E-state index contributed by atoms with van der Waals surface area (Å²) in [6.07, 6.45) is -1.25. The summed E-state index contributed by atoms with van der Waals surface area (Å²) < 4.78 is 50.4. The Morgan fingerprint density at radius 3 is 2.04 bits per heavy atom. The van der Waals surface area contributed by atoms with Gasteiger partial charge in [0.25, 0.3) is 10.0 Å². The Kier molecular flexibility index (Phi) is 5.41. The fraction of sp³-hybridized carbons (Fsp3) is 0.600. The van der Waals surface area contributed by atoms with Crippen LogP contribution in [0.25, 0.3) is 0 Å². The lowest BCUT2D eigenvalue weighted by molar-refractivity contribution is 0.0272. The Morgan fingerprint density at radius 1 is 1.12 bits per heavy atom. The van der Waals surface area contributed by atoms with E-state index in [4.69, 9.17) is 0 Å². The lowest BCUT2D eigenvalue weighted by atomic mass is 10.0. The summed E-state index contributed by atoms with van der Waals surface area (Å²) in [4.78, 5) is 0.0668. The van der Waals surface area contributed by atoms with E-state index in [1.807, 2.05) is 13.8 Å². The number of hydrogen-bond acceptors (Lipinski definition) is 6. The fourth-order valence-corrected chi connectivity index (χ4v) is 6.40. The van der Waals surface area contributed by atoms with Crippen LogP contribution in [0.2, 0.25) is 0 Å². The second-order valence-electron chi connectivity index (χ2n) is 6.56. The molecule has 0 unspecified atom stereocenters. The van der Waals surface area contributed by atoms with E-state index in [9.17, 15) is 21.9 Å². The largest absolute Gasteiger partial charge is 0.390 e. The predicted molar refractivity (Wildman–Crippen MR) is 91.7 cm³/mol. The lowest BCUT2D eigenvalue weighted by Gasteiger charge is -2.34. The van der Waals surface area contributed by atoms with E-state index >= 15 is 0 Å². The number of benzene rings is 1. The van der Waals surface area contributed by atoms with E-state index in [0.717, 1.165) is 9.98 Å². The van der Waals surface area contributed by atoms with E-state index in [1.54, 1.807) is 12.1 Å². The van der Waals surface area contributed by atoms with Crippen LogP contribution >= 0.6 is 0 Å². The minimum Gasteiger partial charge on any atom is -0.390 e. The zero-order valence-electron chi connectivity index (χ0n) is 14.2. The molecule has 7 nitrogen and oxygen atoms in total. The van der Waals surface area contributed by atoms with Crippen LogP contribution in [0.1, 0.15) is 25.3 Å². The normalized spacial score (nSPS) is 24.2. The predicted octanol–water partition coefficient (Wildman–Crippen LogP) is 0.435. The Bertz CT molecular complexity index is 786. The van der Waals surface area contributed by atoms with Crippen LogP contribution in [0.5, 0.6) is 0 Å². The third-order valence-corrected chi connectivity index (χ3v) is 7.72. The molecule has 1 aromatic carbocycles. The number of rotatable bonds is 5. The van der Waals surface area contributed by atoms with Crippen molar-refractivity contribution in [2.45, 2.75) is 36.8 Å². The standard InChI is InChI=1S/C15H24N2O5S2/c1-11(2)12-5-7-13(8-6-12)24(21,22)17(16(3)4)14-9-23(19,20)10-15(14)18/h5-8,11,14-15,18H,9-10H2,1-4H3/t14-,15-/m1/s1. The van der Waals surface area contributed by atoms with Gasteiger partial charge in [-0.2, -0.15) is 0 Å². The van der Waals surface area contributed by atoms with Crippen molar-refractivity contribution >= 4 is 19.9 Å². The summed E-state index contributed by atoms with van der Waals surface area (Å²) in [6.45, 7) is 4.02. The maximum atomic E-state index is 13.0. The molecule has 2 atom stereocenters. The van der Waals surface area contributed by atoms with Gasteiger partial charge in [0.1, 0.15) is 0 Å². The minimum absolute atomic E-state index is 0.0668. The first-order chi connectivity index (χ1) is 11.0. The van der Waals surface area contributed by atoms with Gasteiger partial charge in [-0.1, -0.05) is 26.0 Å². The SMILES string of the molecule is CC(C)c1ccc(S(=O)(=O)N([C@@H]2CS(=O)(=O)C[C@H]2O)N(C)C)cc1. The highest BCUT2D eigenvalue weighted by Crippen LogP contribution is 2.27. The van der Waals surface area contributed by atoms with Crippen LogP contribution < -0.4 is 0 Å². The van der Waals surface area contributed by atoms with Crippen LogP contribution in [-0.2, 0) is 19.9 Å². The maximum absolute atomic E-state index is 13.0. The Labute approximate surface area is 143 Å². The van der Waals surface area contributed by atoms with Crippen molar-refractivity contribution < 1.29 is 21.9 Å². The number of nitrogens with zero attached hydrogens (tertiary/aromatic N) is 2. The topological polar surface area (TPSA) is 95.0 Å². The minimum atomic E-state index is -3.97. The lowest BCUT2D eigenvalue weighted by Crippen LogP contribution is -2.53. The summed E-state index contributed by atoms with van der Waals surface area (Å²) >= 11 is 0. The number of sulfone groups is 1. The van der Waals surface area contributed by atoms with Gasteiger partial charge in [0.15, 0.2) is 9.84 Å². The number of aliphatic hydroxyl groups is 1. The van der Waals surface area contributed by atoms with Crippen molar-refractivity contribution in [3.63, 3.8) is 0 Å². The summed E-state index contributed by atoms with van der Waals surface area (Å²) in [5.41, 5.74) is 1.01. The van der Waals surface area contributed by atoms with Crippen molar-refractivity contribution in [1.29, 1.82) is 0 Å². The van der Waals surface area contributed by atoms with Crippen LogP contribution in [-0.4, -0.2) is 69.1 Å². The summed E-state index contributed by atoms with van der Waals surface area (Å²) in [6, 6.07) is 5.48. The number of hydrogen-bond donors (Lipinski definition) is 1. The van der Waals surface area contributed by atoms with Gasteiger partial charge in [-0.05, 0) is 23.6 Å². The molecule has 9 heteroatoms. The van der Waals surface area contributed by atoms with Crippen molar-refractivity contribution in [2.75, 3.05) is 25.6 Å². The molecule has 0 radical (unpaired) electrons. The first-order valence-corrected chi connectivity index (χ1v) is 10.9. The molecule has 0 bridgehead atoms. The van der Waals surface area contributed by atoms with Gasteiger partial charge in [0, 0.05) is 14.1 Å². The monoisotopic (exact) mass is 376 g/mol. The maximum Gasteiger partial charge on any atom is 0.256 e. The highest BCUT2D eigenvalue weighted by atomic mass is 32.2. The number of sulfonamides is 1. The third-order valence-electron chi connectivity index (χ3n) is 4.06. The first kappa shape index (κ1) is 19.3. The van der Waals surface area contributed by atoms with Crippen molar-refractivity contribution in [3.8, 4) is 0 Å². The number of aliphatic hydroxyl groups excluding tert-OH is 1. The molecule has 1 fully saturated rings. The van der Waals surface area contributed by atoms with Gasteiger partial charge in [0.05, 0.1) is 28.5 Å². The first-order valence-electron chi connectivity index (χ1n) is 7.66. The van der Waals surface area contributed by atoms with Crippen LogP contribution in [0.4, 0.5) is 0 Å². The van der Waals surface area contributed by atoms with E-state index < -0.39 is 43.5 Å². The molecular formula is C15H24N2O5S2.